The summed E-state index contributed by atoms with van der Waals surface area (Å²) in [7, 11) is 1.32. The number of fused-ring (bicyclic) bond motifs is 1. The Balaban J connectivity index is 1.46. The molecule has 0 saturated heterocycles. The fourth-order valence-electron chi connectivity index (χ4n) is 4.28. The number of methoxy groups -OCH3 is 1. The lowest BCUT2D eigenvalue weighted by molar-refractivity contribution is -0.143. The molecule has 1 atom stereocenters. The van der Waals surface area contributed by atoms with E-state index >= 15 is 0 Å². The Morgan fingerprint density at radius 2 is 1.90 bits per heavy atom. The summed E-state index contributed by atoms with van der Waals surface area (Å²) in [5, 5.41) is 15.4. The van der Waals surface area contributed by atoms with Crippen LogP contribution in [0.1, 0.15) is 49.9 Å². The molecule has 0 aromatic heterocycles. The number of halogens is 1. The molecular formula is C29H27FN4O5. The molecule has 1 heterocycles. The number of hydrogen-bond acceptors (Lipinski definition) is 7. The number of carbonyl (C=O) groups is 3. The second kappa shape index (κ2) is 12.2. The first-order chi connectivity index (χ1) is 18.9. The second-order valence-corrected chi connectivity index (χ2v) is 8.75. The highest BCUT2D eigenvalue weighted by atomic mass is 19.1. The van der Waals surface area contributed by atoms with Gasteiger partial charge in [0, 0.05) is 36.5 Å². The van der Waals surface area contributed by atoms with E-state index in [1.165, 1.54) is 30.2 Å². The number of nitrogens with zero attached hydrogens (tertiary/aromatic N) is 2. The number of carbonyl (C=O) groups excluding carboxylic acids is 3. The minimum atomic E-state index is -1.24. The van der Waals surface area contributed by atoms with Gasteiger partial charge in [0.15, 0.2) is 0 Å². The minimum Gasteiger partial charge on any atom is -0.465 e. The lowest BCUT2D eigenvalue weighted by Gasteiger charge is -2.26. The zero-order valence-corrected chi connectivity index (χ0v) is 21.5. The number of rotatable bonds is 10. The van der Waals surface area contributed by atoms with Crippen LogP contribution >= 0.6 is 0 Å². The number of anilines is 1. The van der Waals surface area contributed by atoms with Crippen molar-refractivity contribution in [3.8, 4) is 6.07 Å². The van der Waals surface area contributed by atoms with Crippen molar-refractivity contribution in [2.24, 2.45) is 0 Å². The fraction of sp³-hybridized carbons (Fsp3) is 0.241. The SMILES string of the molecule is CCOC(C(=O)NCc1ccc(C#N)cc1NCc1ccc(C(=O)OC)cc1)N1Cc2c(F)cccc2C1=O. The van der Waals surface area contributed by atoms with Gasteiger partial charge in [0.2, 0.25) is 6.23 Å². The molecule has 1 unspecified atom stereocenters. The van der Waals surface area contributed by atoms with E-state index in [1.807, 2.05) is 0 Å². The largest absolute Gasteiger partial charge is 0.465 e. The Morgan fingerprint density at radius 1 is 1.13 bits per heavy atom. The van der Waals surface area contributed by atoms with Crippen molar-refractivity contribution in [3.63, 3.8) is 0 Å². The number of esters is 1. The maximum absolute atomic E-state index is 14.3. The highest BCUT2D eigenvalue weighted by Crippen LogP contribution is 2.27. The summed E-state index contributed by atoms with van der Waals surface area (Å²) in [6.07, 6.45) is -1.24. The van der Waals surface area contributed by atoms with E-state index < -0.39 is 29.8 Å². The molecule has 1 aliphatic heterocycles. The van der Waals surface area contributed by atoms with E-state index in [-0.39, 0.29) is 30.8 Å². The summed E-state index contributed by atoms with van der Waals surface area (Å²) < 4.78 is 24.6. The molecule has 200 valence electrons. The zero-order chi connectivity index (χ0) is 27.9. The highest BCUT2D eigenvalue weighted by Gasteiger charge is 2.38. The standard InChI is InChI=1S/C29H27FN4O5/c1-3-39-28(34-17-23-22(27(34)36)5-4-6-24(23)30)26(35)33-16-21-12-9-19(14-31)13-25(21)32-15-18-7-10-20(11-8-18)29(37)38-2/h4-13,28,32H,3,15-17H2,1-2H3,(H,33,35). The molecule has 3 aromatic rings. The first-order valence-electron chi connectivity index (χ1n) is 12.3. The summed E-state index contributed by atoms with van der Waals surface area (Å²) in [6.45, 7) is 2.28. The Bertz CT molecular complexity index is 1430. The molecule has 0 spiro atoms. The molecule has 39 heavy (non-hydrogen) atoms. The molecule has 9 nitrogen and oxygen atoms in total. The molecule has 1 aliphatic rings. The van der Waals surface area contributed by atoms with Gasteiger partial charge in [0.1, 0.15) is 5.82 Å². The maximum atomic E-state index is 14.3. The molecular weight excluding hydrogens is 503 g/mol. The second-order valence-electron chi connectivity index (χ2n) is 8.75. The van der Waals surface area contributed by atoms with Gasteiger partial charge >= 0.3 is 5.97 Å². The van der Waals surface area contributed by atoms with Crippen LogP contribution in [0.25, 0.3) is 0 Å². The van der Waals surface area contributed by atoms with Crippen LogP contribution in [0.2, 0.25) is 0 Å². The summed E-state index contributed by atoms with van der Waals surface area (Å²) in [4.78, 5) is 38.9. The topological polar surface area (TPSA) is 121 Å². The van der Waals surface area contributed by atoms with E-state index in [0.717, 1.165) is 5.56 Å². The first kappa shape index (κ1) is 27.3. The Labute approximate surface area is 225 Å². The molecule has 0 aliphatic carbocycles. The predicted molar refractivity (Wildman–Crippen MR) is 140 cm³/mol. The van der Waals surface area contributed by atoms with Gasteiger partial charge in [0.25, 0.3) is 11.8 Å². The third-order valence-electron chi connectivity index (χ3n) is 6.32. The molecule has 0 radical (unpaired) electrons. The van der Waals surface area contributed by atoms with Crippen LogP contribution in [0.15, 0.2) is 60.7 Å². The van der Waals surface area contributed by atoms with Crippen molar-refractivity contribution < 1.29 is 28.2 Å². The van der Waals surface area contributed by atoms with Gasteiger partial charge in [-0.05, 0) is 54.4 Å². The smallest absolute Gasteiger partial charge is 0.337 e. The molecule has 2 N–H and O–H groups in total. The molecule has 10 heteroatoms. The normalized spacial score (nSPS) is 12.9. The maximum Gasteiger partial charge on any atom is 0.337 e. The van der Waals surface area contributed by atoms with Crippen LogP contribution < -0.4 is 10.6 Å². The molecule has 0 fully saturated rings. The van der Waals surface area contributed by atoms with Crippen LogP contribution in [-0.4, -0.2) is 42.6 Å². The van der Waals surface area contributed by atoms with Crippen molar-refractivity contribution in [1.82, 2.24) is 10.2 Å². The lowest BCUT2D eigenvalue weighted by atomic mass is 10.1. The summed E-state index contributed by atoms with van der Waals surface area (Å²) >= 11 is 0. The van der Waals surface area contributed by atoms with Gasteiger partial charge in [-0.3, -0.25) is 9.59 Å². The average Bonchev–Trinajstić information content (AvgIpc) is 3.30. The molecule has 2 amide bonds. The van der Waals surface area contributed by atoms with Gasteiger partial charge in [-0.25, -0.2) is 9.18 Å². The molecule has 3 aromatic carbocycles. The number of nitriles is 1. The molecule has 0 bridgehead atoms. The van der Waals surface area contributed by atoms with E-state index in [4.69, 9.17) is 9.47 Å². The lowest BCUT2D eigenvalue weighted by Crippen LogP contribution is -2.48. The number of ether oxygens (including phenoxy) is 2. The van der Waals surface area contributed by atoms with Gasteiger partial charge in [0.05, 0.1) is 30.9 Å². The van der Waals surface area contributed by atoms with Gasteiger partial charge < -0.3 is 25.0 Å². The van der Waals surface area contributed by atoms with Crippen molar-refractivity contribution in [3.05, 3.63) is 99.9 Å². The fourth-order valence-corrected chi connectivity index (χ4v) is 4.28. The van der Waals surface area contributed by atoms with Gasteiger partial charge in [-0.15, -0.1) is 0 Å². The van der Waals surface area contributed by atoms with Gasteiger partial charge in [-0.2, -0.15) is 5.26 Å². The third-order valence-corrected chi connectivity index (χ3v) is 6.32. The van der Waals surface area contributed by atoms with Crippen LogP contribution in [0.4, 0.5) is 10.1 Å². The van der Waals surface area contributed by atoms with Crippen molar-refractivity contribution in [2.75, 3.05) is 19.0 Å². The van der Waals surface area contributed by atoms with Gasteiger partial charge in [-0.1, -0.05) is 24.3 Å². The quantitative estimate of drug-likeness (QED) is 0.383. The van der Waals surface area contributed by atoms with Crippen LogP contribution in [0.5, 0.6) is 0 Å². The summed E-state index contributed by atoms with van der Waals surface area (Å²) in [5.74, 6) is -1.96. The van der Waals surface area contributed by atoms with Crippen LogP contribution in [0.3, 0.4) is 0 Å². The monoisotopic (exact) mass is 530 g/mol. The Kier molecular flexibility index (Phi) is 8.53. The van der Waals surface area contributed by atoms with E-state index in [9.17, 15) is 24.0 Å². The molecule has 4 rings (SSSR count). The summed E-state index contributed by atoms with van der Waals surface area (Å²) in [6, 6.07) is 18.3. The predicted octanol–water partition coefficient (Wildman–Crippen LogP) is 3.73. The number of benzene rings is 3. The summed E-state index contributed by atoms with van der Waals surface area (Å²) in [5.41, 5.74) is 3.53. The van der Waals surface area contributed by atoms with E-state index in [1.54, 1.807) is 49.4 Å². The van der Waals surface area contributed by atoms with Crippen molar-refractivity contribution >= 4 is 23.5 Å². The zero-order valence-electron chi connectivity index (χ0n) is 21.5. The van der Waals surface area contributed by atoms with E-state index in [0.29, 0.717) is 28.9 Å². The Morgan fingerprint density at radius 3 is 2.56 bits per heavy atom. The first-order valence-corrected chi connectivity index (χ1v) is 12.3. The van der Waals surface area contributed by atoms with Crippen molar-refractivity contribution in [2.45, 2.75) is 32.8 Å². The van der Waals surface area contributed by atoms with Crippen LogP contribution in [-0.2, 0) is 33.9 Å². The Hall–Kier alpha value is -4.75. The highest BCUT2D eigenvalue weighted by molar-refractivity contribution is 6.00. The van der Waals surface area contributed by atoms with Crippen LogP contribution in [0, 0.1) is 17.1 Å². The van der Waals surface area contributed by atoms with Crippen molar-refractivity contribution in [1.29, 1.82) is 5.26 Å². The van der Waals surface area contributed by atoms with E-state index in [2.05, 4.69) is 16.7 Å². The average molecular weight is 531 g/mol. The number of amides is 2. The number of nitrogens with one attached hydrogen (secondary N) is 2. The number of hydrogen-bond donors (Lipinski definition) is 2. The molecule has 0 saturated carbocycles. The third kappa shape index (κ3) is 6.05. The minimum absolute atomic E-state index is 0.0721.